The number of carbonyl (C=O) groups excluding carboxylic acids is 1. The van der Waals surface area contributed by atoms with E-state index in [0.29, 0.717) is 10.8 Å². The second-order valence-electron chi connectivity index (χ2n) is 6.68. The fourth-order valence-corrected chi connectivity index (χ4v) is 3.85. The normalized spacial score (nSPS) is 18.0. The Hall–Kier alpha value is -3.25. The van der Waals surface area contributed by atoms with Crippen molar-refractivity contribution in [3.63, 3.8) is 0 Å². The van der Waals surface area contributed by atoms with Crippen LogP contribution in [0.5, 0.6) is 5.75 Å². The zero-order chi connectivity index (χ0) is 21.3. The summed E-state index contributed by atoms with van der Waals surface area (Å²) in [5.41, 5.74) is 0.494. The van der Waals surface area contributed by atoms with Gasteiger partial charge in [-0.25, -0.2) is 9.48 Å². The molecule has 11 nitrogen and oxygen atoms in total. The molecule has 4 rings (SSSR count). The molecule has 3 aromatic rings. The Morgan fingerprint density at radius 2 is 2.17 bits per heavy atom. The second kappa shape index (κ2) is 8.24. The molecule has 0 unspecified atom stereocenters. The molecule has 1 fully saturated rings. The third kappa shape index (κ3) is 3.78. The van der Waals surface area contributed by atoms with E-state index in [1.165, 1.54) is 13.2 Å². The van der Waals surface area contributed by atoms with Crippen LogP contribution in [0.2, 0.25) is 0 Å². The first-order valence-corrected chi connectivity index (χ1v) is 9.99. The lowest BCUT2D eigenvalue weighted by Gasteiger charge is -2.36. The molecule has 1 saturated carbocycles. The molecule has 30 heavy (non-hydrogen) atoms. The summed E-state index contributed by atoms with van der Waals surface area (Å²) in [4.78, 5) is 25.0. The summed E-state index contributed by atoms with van der Waals surface area (Å²) in [6.45, 7) is 1.88. The van der Waals surface area contributed by atoms with Gasteiger partial charge in [-0.3, -0.25) is 10.1 Å². The third-order valence-corrected chi connectivity index (χ3v) is 5.65. The van der Waals surface area contributed by atoms with Crippen LogP contribution >= 0.6 is 11.3 Å². The van der Waals surface area contributed by atoms with Gasteiger partial charge in [0.05, 0.1) is 24.9 Å². The molecule has 0 aromatic carbocycles. The van der Waals surface area contributed by atoms with Gasteiger partial charge in [-0.05, 0) is 25.8 Å². The van der Waals surface area contributed by atoms with Gasteiger partial charge in [-0.15, -0.1) is 10.2 Å². The van der Waals surface area contributed by atoms with Crippen LogP contribution in [0.15, 0.2) is 27.5 Å². The fourth-order valence-electron chi connectivity index (χ4n) is 3.09. The molecule has 2 atom stereocenters. The second-order valence-corrected chi connectivity index (χ2v) is 7.63. The molecule has 0 radical (unpaired) electrons. The predicted octanol–water partition coefficient (Wildman–Crippen LogP) is 1.84. The van der Waals surface area contributed by atoms with Crippen LogP contribution < -0.4 is 21.0 Å². The lowest BCUT2D eigenvalue weighted by atomic mass is 9.89. The number of methoxy groups -OCH3 is 2. The molecule has 0 saturated heterocycles. The average Bonchev–Trinajstić information content (AvgIpc) is 3.33. The lowest BCUT2D eigenvalue weighted by molar-refractivity contribution is 0.0285. The fraction of sp³-hybridized carbons (Fsp3) is 0.389. The first-order chi connectivity index (χ1) is 14.5. The lowest BCUT2D eigenvalue weighted by Crippen LogP contribution is -2.44. The number of hydrogen-bond acceptors (Lipinski definition) is 10. The SMILES string of the molecule is COc1c(N[C@H]2CC[C@@H]2OC)cc(C(=O)Nc2nnc(-n3nccc3C)s2)oc1=O. The minimum Gasteiger partial charge on any atom is -0.488 e. The van der Waals surface area contributed by atoms with Crippen molar-refractivity contribution in [1.29, 1.82) is 0 Å². The van der Waals surface area contributed by atoms with Gasteiger partial charge in [0.1, 0.15) is 0 Å². The van der Waals surface area contributed by atoms with Crippen LogP contribution in [0, 0.1) is 6.92 Å². The molecule has 158 valence electrons. The van der Waals surface area contributed by atoms with Gasteiger partial charge >= 0.3 is 5.63 Å². The largest absolute Gasteiger partial charge is 0.488 e. The number of aromatic nitrogens is 4. The number of ether oxygens (including phenoxy) is 2. The van der Waals surface area contributed by atoms with E-state index in [9.17, 15) is 9.59 Å². The highest BCUT2D eigenvalue weighted by Gasteiger charge is 2.32. The summed E-state index contributed by atoms with van der Waals surface area (Å²) in [6, 6.07) is 3.28. The summed E-state index contributed by atoms with van der Waals surface area (Å²) in [7, 11) is 3.00. The Morgan fingerprint density at radius 3 is 2.80 bits per heavy atom. The summed E-state index contributed by atoms with van der Waals surface area (Å²) in [6.07, 6.45) is 3.47. The van der Waals surface area contributed by atoms with Gasteiger partial charge in [0.2, 0.25) is 16.0 Å². The van der Waals surface area contributed by atoms with Crippen molar-refractivity contribution in [1.82, 2.24) is 20.0 Å². The quantitative estimate of drug-likeness (QED) is 0.573. The van der Waals surface area contributed by atoms with Crippen LogP contribution in [0.25, 0.3) is 5.13 Å². The van der Waals surface area contributed by atoms with Gasteiger partial charge < -0.3 is 19.2 Å². The average molecular weight is 432 g/mol. The minimum atomic E-state index is -0.758. The van der Waals surface area contributed by atoms with Crippen molar-refractivity contribution < 1.29 is 18.7 Å². The van der Waals surface area contributed by atoms with E-state index in [0.717, 1.165) is 29.9 Å². The van der Waals surface area contributed by atoms with Gasteiger partial charge in [-0.2, -0.15) is 5.10 Å². The Labute approximate surface area is 175 Å². The molecule has 0 bridgehead atoms. The Bertz CT molecular complexity index is 1120. The van der Waals surface area contributed by atoms with Crippen molar-refractivity contribution in [2.75, 3.05) is 24.9 Å². The number of aryl methyl sites for hydroxylation is 1. The van der Waals surface area contributed by atoms with Crippen molar-refractivity contribution in [3.8, 4) is 10.9 Å². The maximum atomic E-state index is 12.7. The molecule has 0 aliphatic heterocycles. The predicted molar refractivity (Wildman–Crippen MR) is 109 cm³/mol. The van der Waals surface area contributed by atoms with Crippen LogP contribution in [0.3, 0.4) is 0 Å². The first-order valence-electron chi connectivity index (χ1n) is 9.17. The van der Waals surface area contributed by atoms with E-state index >= 15 is 0 Å². The van der Waals surface area contributed by atoms with E-state index < -0.39 is 11.5 Å². The summed E-state index contributed by atoms with van der Waals surface area (Å²) >= 11 is 1.14. The van der Waals surface area contributed by atoms with Crippen LogP contribution in [-0.2, 0) is 4.74 Å². The Morgan fingerprint density at radius 1 is 1.33 bits per heavy atom. The number of nitrogens with zero attached hydrogens (tertiary/aromatic N) is 4. The van der Waals surface area contributed by atoms with E-state index in [2.05, 4.69) is 25.9 Å². The zero-order valence-electron chi connectivity index (χ0n) is 16.5. The Kier molecular flexibility index (Phi) is 5.50. The van der Waals surface area contributed by atoms with E-state index in [-0.39, 0.29) is 28.8 Å². The highest BCUT2D eigenvalue weighted by atomic mass is 32.1. The van der Waals surface area contributed by atoms with Crippen molar-refractivity contribution in [3.05, 3.63) is 40.2 Å². The number of nitrogens with one attached hydrogen (secondary N) is 2. The molecule has 12 heteroatoms. The number of anilines is 2. The molecule has 3 heterocycles. The number of hydrogen-bond donors (Lipinski definition) is 2. The van der Waals surface area contributed by atoms with E-state index in [4.69, 9.17) is 13.9 Å². The number of amides is 1. The van der Waals surface area contributed by atoms with Crippen LogP contribution in [-0.4, -0.2) is 52.3 Å². The maximum absolute atomic E-state index is 12.7. The summed E-state index contributed by atoms with van der Waals surface area (Å²) in [5, 5.41) is 18.7. The molecule has 2 N–H and O–H groups in total. The van der Waals surface area contributed by atoms with Crippen LogP contribution in [0.4, 0.5) is 10.8 Å². The first kappa shape index (κ1) is 20.0. The standard InChI is InChI=1S/C18H20N6O5S/c1-9-6-7-19-24(9)18-23-22-17(30-18)21-15(25)13-8-11(14(28-3)16(26)29-13)20-10-4-5-12(10)27-2/h6-8,10,12,20H,4-5H2,1-3H3,(H,21,22,25)/t10-,12-/m0/s1. The molecule has 0 spiro atoms. The molecule has 1 aliphatic carbocycles. The van der Waals surface area contributed by atoms with Crippen molar-refractivity contribution in [2.24, 2.45) is 0 Å². The summed E-state index contributed by atoms with van der Waals surface area (Å²) < 4.78 is 17.3. The summed E-state index contributed by atoms with van der Waals surface area (Å²) in [5.74, 6) is -0.807. The highest BCUT2D eigenvalue weighted by molar-refractivity contribution is 7.17. The van der Waals surface area contributed by atoms with Gasteiger partial charge in [0, 0.05) is 25.1 Å². The molecule has 3 aromatic heterocycles. The number of carbonyl (C=O) groups is 1. The minimum absolute atomic E-state index is 0.000613. The van der Waals surface area contributed by atoms with Crippen LogP contribution in [0.1, 0.15) is 29.1 Å². The Balaban J connectivity index is 1.55. The molecule has 1 aliphatic rings. The van der Waals surface area contributed by atoms with E-state index in [1.54, 1.807) is 18.0 Å². The zero-order valence-corrected chi connectivity index (χ0v) is 17.4. The van der Waals surface area contributed by atoms with Gasteiger partial charge in [0.25, 0.3) is 5.91 Å². The monoisotopic (exact) mass is 432 g/mol. The van der Waals surface area contributed by atoms with Crippen molar-refractivity contribution in [2.45, 2.75) is 31.9 Å². The van der Waals surface area contributed by atoms with E-state index in [1.807, 2.05) is 13.0 Å². The maximum Gasteiger partial charge on any atom is 0.381 e. The molecular weight excluding hydrogens is 412 g/mol. The third-order valence-electron chi connectivity index (χ3n) is 4.84. The molecule has 1 amide bonds. The topological polar surface area (TPSA) is 133 Å². The highest BCUT2D eigenvalue weighted by Crippen LogP contribution is 2.30. The smallest absolute Gasteiger partial charge is 0.381 e. The van der Waals surface area contributed by atoms with Gasteiger partial charge in [0.15, 0.2) is 5.76 Å². The van der Waals surface area contributed by atoms with Crippen molar-refractivity contribution >= 4 is 28.1 Å². The number of rotatable bonds is 7. The molecular formula is C18H20N6O5S. The van der Waals surface area contributed by atoms with Gasteiger partial charge in [-0.1, -0.05) is 11.3 Å².